The van der Waals surface area contributed by atoms with Crippen LogP contribution in [0.25, 0.3) is 0 Å². The van der Waals surface area contributed by atoms with Gasteiger partial charge in [-0.05, 0) is 25.8 Å². The van der Waals surface area contributed by atoms with E-state index in [1.165, 1.54) is 6.07 Å². The standard InChI is InChI=1S/C18H24N6O2/c1-12-10-13(25)15(23-22-12)16(26)21-11-18(2,3)14-6-4-9-24(14)17-19-7-5-8-20-17/h5,7-8,10,14H,4,6,9,11H2,1-3H3,(H,21,26)(H,22,25). The number of carbonyl (C=O) groups excluding carboxylic acids is 1. The fourth-order valence-electron chi connectivity index (χ4n) is 3.43. The highest BCUT2D eigenvalue weighted by Gasteiger charge is 2.38. The molecule has 26 heavy (non-hydrogen) atoms. The van der Waals surface area contributed by atoms with E-state index in [2.05, 4.69) is 44.2 Å². The van der Waals surface area contributed by atoms with Crippen LogP contribution in [0, 0.1) is 12.3 Å². The molecule has 1 aliphatic heterocycles. The minimum atomic E-state index is -0.458. The Labute approximate surface area is 152 Å². The van der Waals surface area contributed by atoms with Crippen LogP contribution in [0.2, 0.25) is 0 Å². The number of nitrogens with zero attached hydrogens (tertiary/aromatic N) is 4. The molecule has 1 unspecified atom stereocenters. The quantitative estimate of drug-likeness (QED) is 0.837. The lowest BCUT2D eigenvalue weighted by molar-refractivity contribution is 0.0923. The van der Waals surface area contributed by atoms with E-state index in [0.29, 0.717) is 18.2 Å². The third kappa shape index (κ3) is 3.74. The summed E-state index contributed by atoms with van der Waals surface area (Å²) >= 11 is 0. The number of rotatable bonds is 5. The third-order valence-electron chi connectivity index (χ3n) is 4.81. The molecule has 0 spiro atoms. The van der Waals surface area contributed by atoms with Gasteiger partial charge in [-0.2, -0.15) is 5.10 Å². The Morgan fingerprint density at radius 2 is 2.12 bits per heavy atom. The summed E-state index contributed by atoms with van der Waals surface area (Å²) < 4.78 is 0. The van der Waals surface area contributed by atoms with Gasteiger partial charge < -0.3 is 10.2 Å². The van der Waals surface area contributed by atoms with Crippen molar-refractivity contribution in [1.29, 1.82) is 0 Å². The lowest BCUT2D eigenvalue weighted by atomic mass is 9.82. The van der Waals surface area contributed by atoms with E-state index in [4.69, 9.17) is 0 Å². The smallest absolute Gasteiger partial charge is 0.275 e. The van der Waals surface area contributed by atoms with Crippen LogP contribution in [0.1, 0.15) is 42.9 Å². The molecular formula is C18H24N6O2. The highest BCUT2D eigenvalue weighted by atomic mass is 16.2. The van der Waals surface area contributed by atoms with E-state index < -0.39 is 5.91 Å². The first kappa shape index (κ1) is 18.0. The molecule has 138 valence electrons. The number of H-pyrrole nitrogens is 1. The number of anilines is 1. The van der Waals surface area contributed by atoms with Gasteiger partial charge in [0.2, 0.25) is 11.4 Å². The van der Waals surface area contributed by atoms with Crippen molar-refractivity contribution >= 4 is 11.9 Å². The van der Waals surface area contributed by atoms with Gasteiger partial charge in [0.25, 0.3) is 5.91 Å². The Kier molecular flexibility index (Phi) is 5.01. The molecule has 2 N–H and O–H groups in total. The van der Waals surface area contributed by atoms with Crippen LogP contribution in [-0.2, 0) is 0 Å². The van der Waals surface area contributed by atoms with Crippen LogP contribution in [-0.4, -0.2) is 45.2 Å². The first-order valence-corrected chi connectivity index (χ1v) is 8.77. The predicted molar refractivity (Wildman–Crippen MR) is 98.1 cm³/mol. The van der Waals surface area contributed by atoms with Gasteiger partial charge in [-0.1, -0.05) is 13.8 Å². The van der Waals surface area contributed by atoms with Crippen molar-refractivity contribution in [3.63, 3.8) is 0 Å². The van der Waals surface area contributed by atoms with Gasteiger partial charge >= 0.3 is 0 Å². The summed E-state index contributed by atoms with van der Waals surface area (Å²) in [7, 11) is 0. The number of hydrogen-bond acceptors (Lipinski definition) is 6. The fraction of sp³-hybridized carbons (Fsp3) is 0.500. The number of aryl methyl sites for hydroxylation is 1. The highest BCUT2D eigenvalue weighted by molar-refractivity contribution is 5.91. The minimum Gasteiger partial charge on any atom is -0.350 e. The molecule has 2 aromatic rings. The van der Waals surface area contributed by atoms with Crippen LogP contribution < -0.4 is 15.6 Å². The summed E-state index contributed by atoms with van der Waals surface area (Å²) in [6, 6.07) is 3.37. The molecule has 2 aromatic heterocycles. The SMILES string of the molecule is Cc1cc(=O)c(C(=O)NCC(C)(C)C2CCCN2c2ncccn2)n[nH]1. The zero-order chi connectivity index (χ0) is 18.7. The zero-order valence-corrected chi connectivity index (χ0v) is 15.3. The molecule has 1 aliphatic rings. The van der Waals surface area contributed by atoms with Crippen molar-refractivity contribution in [1.82, 2.24) is 25.5 Å². The Balaban J connectivity index is 1.70. The molecule has 1 saturated heterocycles. The van der Waals surface area contributed by atoms with Gasteiger partial charge in [-0.15, -0.1) is 0 Å². The summed E-state index contributed by atoms with van der Waals surface area (Å²) in [4.78, 5) is 35.2. The molecular weight excluding hydrogens is 332 g/mol. The van der Waals surface area contributed by atoms with Crippen LogP contribution in [0.5, 0.6) is 0 Å². The Morgan fingerprint density at radius 3 is 2.81 bits per heavy atom. The molecule has 8 nitrogen and oxygen atoms in total. The summed E-state index contributed by atoms with van der Waals surface area (Å²) in [6.07, 6.45) is 5.54. The predicted octanol–water partition coefficient (Wildman–Crippen LogP) is 1.29. The maximum Gasteiger partial charge on any atom is 0.275 e. The largest absolute Gasteiger partial charge is 0.350 e. The zero-order valence-electron chi connectivity index (χ0n) is 15.3. The fourth-order valence-corrected chi connectivity index (χ4v) is 3.43. The minimum absolute atomic E-state index is 0.110. The maximum absolute atomic E-state index is 12.4. The van der Waals surface area contributed by atoms with Crippen LogP contribution in [0.3, 0.4) is 0 Å². The van der Waals surface area contributed by atoms with Crippen LogP contribution in [0.15, 0.2) is 29.3 Å². The van der Waals surface area contributed by atoms with Gasteiger partial charge in [0.15, 0.2) is 5.69 Å². The summed E-state index contributed by atoms with van der Waals surface area (Å²) in [5.41, 5.74) is -0.0860. The molecule has 3 heterocycles. The molecule has 3 rings (SSSR count). The molecule has 1 fully saturated rings. The molecule has 8 heteroatoms. The van der Waals surface area contributed by atoms with Crippen molar-refractivity contribution < 1.29 is 4.79 Å². The number of aromatic nitrogens is 4. The number of hydrogen-bond donors (Lipinski definition) is 2. The molecule has 0 bridgehead atoms. The molecule has 0 saturated carbocycles. The summed E-state index contributed by atoms with van der Waals surface area (Å²) in [5.74, 6) is 0.255. The van der Waals surface area contributed by atoms with E-state index in [0.717, 1.165) is 19.4 Å². The molecule has 1 amide bonds. The van der Waals surface area contributed by atoms with Crippen molar-refractivity contribution in [2.45, 2.75) is 39.7 Å². The van der Waals surface area contributed by atoms with E-state index in [1.807, 2.05) is 0 Å². The maximum atomic E-state index is 12.4. The van der Waals surface area contributed by atoms with Crippen LogP contribution >= 0.6 is 0 Å². The van der Waals surface area contributed by atoms with Gasteiger partial charge in [-0.25, -0.2) is 9.97 Å². The summed E-state index contributed by atoms with van der Waals surface area (Å²) in [6.45, 7) is 7.25. The first-order valence-electron chi connectivity index (χ1n) is 8.77. The number of carbonyl (C=O) groups is 1. The van der Waals surface area contributed by atoms with Gasteiger partial charge in [0, 0.05) is 48.7 Å². The topological polar surface area (TPSA) is 104 Å². The van der Waals surface area contributed by atoms with Crippen molar-refractivity contribution in [2.75, 3.05) is 18.0 Å². The Hall–Kier alpha value is -2.77. The van der Waals surface area contributed by atoms with E-state index in [9.17, 15) is 9.59 Å². The average molecular weight is 356 g/mol. The first-order chi connectivity index (χ1) is 12.4. The van der Waals surface area contributed by atoms with E-state index in [-0.39, 0.29) is 22.6 Å². The van der Waals surface area contributed by atoms with Gasteiger partial charge in [0.1, 0.15) is 0 Å². The second kappa shape index (κ2) is 7.23. The van der Waals surface area contributed by atoms with Crippen molar-refractivity contribution in [3.05, 3.63) is 46.1 Å². The molecule has 0 radical (unpaired) electrons. The highest BCUT2D eigenvalue weighted by Crippen LogP contribution is 2.34. The van der Waals surface area contributed by atoms with Crippen molar-refractivity contribution in [3.8, 4) is 0 Å². The number of amides is 1. The normalized spacial score (nSPS) is 17.3. The Morgan fingerprint density at radius 1 is 1.38 bits per heavy atom. The van der Waals surface area contributed by atoms with E-state index in [1.54, 1.807) is 25.4 Å². The molecule has 0 aliphatic carbocycles. The van der Waals surface area contributed by atoms with E-state index >= 15 is 0 Å². The second-order valence-electron chi connectivity index (χ2n) is 7.34. The number of aromatic amines is 1. The monoisotopic (exact) mass is 356 g/mol. The lowest BCUT2D eigenvalue weighted by Crippen LogP contribution is -2.48. The van der Waals surface area contributed by atoms with Gasteiger partial charge in [0.05, 0.1) is 0 Å². The molecule has 1 atom stereocenters. The number of nitrogens with one attached hydrogen (secondary N) is 2. The third-order valence-corrected chi connectivity index (χ3v) is 4.81. The second-order valence-corrected chi connectivity index (χ2v) is 7.34. The lowest BCUT2D eigenvalue weighted by Gasteiger charge is -2.37. The van der Waals surface area contributed by atoms with Gasteiger partial charge in [-0.3, -0.25) is 14.7 Å². The Bertz CT molecular complexity index is 833. The molecule has 0 aromatic carbocycles. The van der Waals surface area contributed by atoms with Crippen molar-refractivity contribution in [2.24, 2.45) is 5.41 Å². The van der Waals surface area contributed by atoms with Crippen LogP contribution in [0.4, 0.5) is 5.95 Å². The average Bonchev–Trinajstić information content (AvgIpc) is 3.11. The summed E-state index contributed by atoms with van der Waals surface area (Å²) in [5, 5.41) is 9.38.